The van der Waals surface area contributed by atoms with Crippen molar-refractivity contribution in [2.75, 3.05) is 47.5 Å². The maximum absolute atomic E-state index is 12.9. The van der Waals surface area contributed by atoms with Gasteiger partial charge in [-0.15, -0.1) is 0 Å². The normalized spacial score (nSPS) is 13.6. The van der Waals surface area contributed by atoms with Crippen LogP contribution in [0, 0.1) is 0 Å². The van der Waals surface area contributed by atoms with Gasteiger partial charge in [-0.2, -0.15) is 0 Å². The topological polar surface area (TPSA) is 111 Å². The third kappa shape index (κ3) is 77.7. The zero-order chi connectivity index (χ0) is 68.3. The fraction of sp³-hybridized carbons (Fsp3) is 0.762. The predicted octanol–water partition coefficient (Wildman–Crippen LogP) is 25.8. The van der Waals surface area contributed by atoms with E-state index in [0.717, 1.165) is 89.9 Å². The molecule has 0 aliphatic heterocycles. The largest absolute Gasteiger partial charge is 0.756 e. The monoisotopic (exact) mass is 1330 g/mol. The van der Waals surface area contributed by atoms with Crippen LogP contribution in [0.2, 0.25) is 0 Å². The van der Waals surface area contributed by atoms with E-state index in [2.05, 4.69) is 123 Å². The zero-order valence-electron chi connectivity index (χ0n) is 62.1. The molecule has 0 aliphatic rings. The molecule has 0 aromatic carbocycles. The van der Waals surface area contributed by atoms with E-state index in [9.17, 15) is 19.0 Å². The summed E-state index contributed by atoms with van der Waals surface area (Å²) < 4.78 is 34.4. The highest BCUT2D eigenvalue weighted by Crippen LogP contribution is 2.38. The molecule has 544 valence electrons. The number of phosphoric acid groups is 1. The van der Waals surface area contributed by atoms with Crippen molar-refractivity contribution in [1.82, 2.24) is 0 Å². The second kappa shape index (κ2) is 73.9. The van der Waals surface area contributed by atoms with Gasteiger partial charge in [0, 0.05) is 12.8 Å². The Labute approximate surface area is 582 Å². The van der Waals surface area contributed by atoms with Gasteiger partial charge in [0.05, 0.1) is 27.7 Å². The number of ether oxygens (including phenoxy) is 2. The molecule has 0 aliphatic carbocycles. The molecule has 0 rings (SSSR count). The number of quaternary nitrogens is 1. The van der Waals surface area contributed by atoms with Crippen molar-refractivity contribution >= 4 is 19.8 Å². The molecule has 9 nitrogen and oxygen atoms in total. The molecule has 0 fully saturated rings. The van der Waals surface area contributed by atoms with Crippen LogP contribution in [0.3, 0.4) is 0 Å². The van der Waals surface area contributed by atoms with Gasteiger partial charge in [-0.1, -0.05) is 354 Å². The summed E-state index contributed by atoms with van der Waals surface area (Å²) in [4.78, 5) is 38.2. The van der Waals surface area contributed by atoms with Crippen molar-refractivity contribution < 1.29 is 42.1 Å². The van der Waals surface area contributed by atoms with Gasteiger partial charge in [0.2, 0.25) is 0 Å². The van der Waals surface area contributed by atoms with Crippen molar-refractivity contribution in [3.63, 3.8) is 0 Å². The van der Waals surface area contributed by atoms with Crippen molar-refractivity contribution in [2.24, 2.45) is 0 Å². The minimum atomic E-state index is -4.65. The quantitative estimate of drug-likeness (QED) is 0.0195. The number of carbonyl (C=O) groups is 2. The van der Waals surface area contributed by atoms with E-state index >= 15 is 0 Å². The van der Waals surface area contributed by atoms with E-state index < -0.39 is 26.5 Å². The van der Waals surface area contributed by atoms with Crippen LogP contribution in [0.15, 0.2) is 109 Å². The molecular formula is C84H150NO8P. The van der Waals surface area contributed by atoms with Gasteiger partial charge >= 0.3 is 11.9 Å². The highest BCUT2D eigenvalue weighted by molar-refractivity contribution is 7.45. The molecular weight excluding hydrogens is 1180 g/mol. The number of hydrogen-bond acceptors (Lipinski definition) is 8. The SMILES string of the molecule is CC/C=C\C/C=C\C/C=C\C/C=C\C/C=C\C/C=C\C/C=C\C/C=C\CCCCCCCCCCCCCCC(=O)OC(COC(=O)CCCCCCCCCCCCCCCCCCCCCCC/C=C\CCCCCCCCCC)COP(=O)([O-])OCC[N+](C)(C)C. The van der Waals surface area contributed by atoms with E-state index in [1.807, 2.05) is 21.1 Å². The molecule has 94 heavy (non-hydrogen) atoms. The molecule has 10 heteroatoms. The number of rotatable bonds is 73. The number of hydrogen-bond donors (Lipinski definition) is 0. The minimum absolute atomic E-state index is 0.0334. The Morgan fingerprint density at radius 1 is 0.340 bits per heavy atom. The van der Waals surface area contributed by atoms with Crippen LogP contribution in [0.5, 0.6) is 0 Å². The molecule has 0 aromatic rings. The van der Waals surface area contributed by atoms with E-state index in [0.29, 0.717) is 17.4 Å². The highest BCUT2D eigenvalue weighted by atomic mass is 31.2. The number of unbranched alkanes of at least 4 members (excludes halogenated alkanes) is 41. The Kier molecular flexibility index (Phi) is 71.3. The lowest BCUT2D eigenvalue weighted by atomic mass is 10.0. The first-order valence-corrected chi connectivity index (χ1v) is 41.1. The predicted molar refractivity (Wildman–Crippen MR) is 406 cm³/mol. The Morgan fingerprint density at radius 3 is 0.915 bits per heavy atom. The van der Waals surface area contributed by atoms with Crippen molar-refractivity contribution in [3.8, 4) is 0 Å². The van der Waals surface area contributed by atoms with Gasteiger partial charge < -0.3 is 27.9 Å². The lowest BCUT2D eigenvalue weighted by Gasteiger charge is -2.28. The van der Waals surface area contributed by atoms with Gasteiger partial charge in [-0.3, -0.25) is 14.2 Å². The molecule has 0 radical (unpaired) electrons. The first kappa shape index (κ1) is 90.7. The van der Waals surface area contributed by atoms with Gasteiger partial charge in [-0.25, -0.2) is 0 Å². The number of carbonyl (C=O) groups excluding carboxylic acids is 2. The maximum Gasteiger partial charge on any atom is 0.306 e. The van der Waals surface area contributed by atoms with Gasteiger partial charge in [-0.05, 0) is 103 Å². The lowest BCUT2D eigenvalue weighted by Crippen LogP contribution is -2.37. The molecule has 0 bridgehead atoms. The number of likely N-dealkylation sites (N-methyl/N-ethyl adjacent to an activating group) is 1. The van der Waals surface area contributed by atoms with Crippen LogP contribution in [0.25, 0.3) is 0 Å². The fourth-order valence-corrected chi connectivity index (χ4v) is 12.0. The summed E-state index contributed by atoms with van der Waals surface area (Å²) in [5, 5.41) is 0. The zero-order valence-corrected chi connectivity index (χ0v) is 63.0. The molecule has 0 N–H and O–H groups in total. The highest BCUT2D eigenvalue weighted by Gasteiger charge is 2.22. The molecule has 0 aromatic heterocycles. The standard InChI is InChI=1S/C84H150NO8P/c1-6-8-10-12-14-16-18-20-22-24-26-28-30-32-34-36-38-40-41-42-43-45-47-49-51-53-55-57-59-61-63-65-67-69-71-73-75-77-84(87)93-82(81-92-94(88,89)91-79-78-85(3,4)5)80-90-83(86)76-74-72-70-68-66-64-62-60-58-56-54-52-50-48-46-44-39-37-35-33-31-29-27-25-23-21-19-17-15-13-11-9-7-2/h8,10,14,16,20,22,25-28,32,34,38,40,42-43,47,49,82H,6-7,9,11-13,15,17-19,21,23-24,29-31,33,35-37,39,41,44-46,48,50-81H2,1-5H3/b10-8-,16-14-,22-20-,27-25-,28-26-,34-32-,40-38-,43-42-,49-47-. The van der Waals surface area contributed by atoms with Crippen LogP contribution in [0.4, 0.5) is 0 Å². The van der Waals surface area contributed by atoms with E-state index in [1.165, 1.54) is 238 Å². The van der Waals surface area contributed by atoms with Crippen molar-refractivity contribution in [2.45, 2.75) is 367 Å². The van der Waals surface area contributed by atoms with Crippen molar-refractivity contribution in [3.05, 3.63) is 109 Å². The number of nitrogens with zero attached hydrogens (tertiary/aromatic N) is 1. The number of allylic oxidation sites excluding steroid dienone is 18. The first-order valence-electron chi connectivity index (χ1n) is 39.6. The minimum Gasteiger partial charge on any atom is -0.756 e. The second-order valence-corrected chi connectivity index (χ2v) is 29.1. The Morgan fingerprint density at radius 2 is 0.606 bits per heavy atom. The van der Waals surface area contributed by atoms with E-state index in [1.54, 1.807) is 0 Å². The summed E-state index contributed by atoms with van der Waals surface area (Å²) in [6.45, 7) is 4.17. The Bertz CT molecular complexity index is 1960. The summed E-state index contributed by atoms with van der Waals surface area (Å²) in [5.74, 6) is -0.824. The third-order valence-electron chi connectivity index (χ3n) is 17.3. The number of esters is 2. The van der Waals surface area contributed by atoms with Gasteiger partial charge in [0.1, 0.15) is 19.8 Å². The summed E-state index contributed by atoms with van der Waals surface area (Å²) in [6, 6.07) is 0. The first-order chi connectivity index (χ1) is 46.0. The summed E-state index contributed by atoms with van der Waals surface area (Å²) in [7, 11) is 1.17. The average molecular weight is 1330 g/mol. The van der Waals surface area contributed by atoms with Crippen molar-refractivity contribution in [1.29, 1.82) is 0 Å². The fourth-order valence-electron chi connectivity index (χ4n) is 11.3. The molecule has 0 heterocycles. The van der Waals surface area contributed by atoms with Gasteiger partial charge in [0.25, 0.3) is 7.82 Å². The van der Waals surface area contributed by atoms with E-state index in [-0.39, 0.29) is 32.0 Å². The molecule has 0 spiro atoms. The molecule has 2 atom stereocenters. The average Bonchev–Trinajstić information content (AvgIpc) is 1.56. The summed E-state index contributed by atoms with van der Waals surface area (Å²) in [6.07, 6.45) is 105. The molecule has 0 amide bonds. The lowest BCUT2D eigenvalue weighted by molar-refractivity contribution is -0.870. The molecule has 0 saturated carbocycles. The smallest absolute Gasteiger partial charge is 0.306 e. The van der Waals surface area contributed by atoms with Crippen LogP contribution >= 0.6 is 7.82 Å². The van der Waals surface area contributed by atoms with Crippen LogP contribution in [-0.2, 0) is 32.7 Å². The molecule has 2 unspecified atom stereocenters. The van der Waals surface area contributed by atoms with Crippen LogP contribution < -0.4 is 4.89 Å². The summed E-state index contributed by atoms with van der Waals surface area (Å²) >= 11 is 0. The maximum atomic E-state index is 12.9. The third-order valence-corrected chi connectivity index (χ3v) is 18.2. The molecule has 0 saturated heterocycles. The Hall–Kier alpha value is -3.33. The second-order valence-electron chi connectivity index (χ2n) is 27.7. The van der Waals surface area contributed by atoms with E-state index in [4.69, 9.17) is 18.5 Å². The number of phosphoric ester groups is 1. The van der Waals surface area contributed by atoms with Crippen LogP contribution in [-0.4, -0.2) is 70.0 Å². The van der Waals surface area contributed by atoms with Gasteiger partial charge in [0.15, 0.2) is 6.10 Å². The summed E-state index contributed by atoms with van der Waals surface area (Å²) in [5.41, 5.74) is 0. The van der Waals surface area contributed by atoms with Crippen LogP contribution in [0.1, 0.15) is 361 Å². The Balaban J connectivity index is 3.99.